The van der Waals surface area contributed by atoms with E-state index < -0.39 is 0 Å². The highest BCUT2D eigenvalue weighted by Crippen LogP contribution is 2.39. The number of nitrogens with zero attached hydrogens (tertiary/aromatic N) is 2. The van der Waals surface area contributed by atoms with Gasteiger partial charge >= 0.3 is 0 Å². The van der Waals surface area contributed by atoms with E-state index in [0.717, 1.165) is 22.3 Å². The zero-order valence-corrected chi connectivity index (χ0v) is 11.6. The molecular formula is C14H19N3S. The van der Waals surface area contributed by atoms with Gasteiger partial charge < -0.3 is 5.32 Å². The van der Waals surface area contributed by atoms with Crippen molar-refractivity contribution in [2.75, 3.05) is 11.1 Å². The molecule has 4 heteroatoms. The summed E-state index contributed by atoms with van der Waals surface area (Å²) in [6.07, 6.45) is 8.40. The molecule has 0 amide bonds. The first-order chi connectivity index (χ1) is 8.77. The lowest BCUT2D eigenvalue weighted by molar-refractivity contribution is 0.335. The Morgan fingerprint density at radius 1 is 1.28 bits per heavy atom. The summed E-state index contributed by atoms with van der Waals surface area (Å²) < 4.78 is 0. The van der Waals surface area contributed by atoms with Crippen LogP contribution >= 0.6 is 11.8 Å². The summed E-state index contributed by atoms with van der Waals surface area (Å²) in [7, 11) is 0. The molecule has 0 aromatic carbocycles. The molecule has 1 aliphatic heterocycles. The first-order valence-electron chi connectivity index (χ1n) is 6.69. The molecule has 1 aromatic rings. The van der Waals surface area contributed by atoms with Crippen molar-refractivity contribution in [2.45, 2.75) is 44.6 Å². The van der Waals surface area contributed by atoms with Crippen molar-refractivity contribution in [2.24, 2.45) is 4.99 Å². The van der Waals surface area contributed by atoms with E-state index in [2.05, 4.69) is 16.4 Å². The molecule has 0 bridgehead atoms. The van der Waals surface area contributed by atoms with E-state index in [1.807, 2.05) is 30.9 Å². The predicted molar refractivity (Wildman–Crippen MR) is 78.3 cm³/mol. The van der Waals surface area contributed by atoms with Crippen LogP contribution < -0.4 is 5.32 Å². The molecule has 1 saturated carbocycles. The van der Waals surface area contributed by atoms with Gasteiger partial charge in [-0.25, -0.2) is 0 Å². The molecular weight excluding hydrogens is 242 g/mol. The monoisotopic (exact) mass is 261 g/mol. The SMILES string of the molecule is Cc1ncccc1NC1=NC2(CCCCC2)CS1. The normalized spacial score (nSPS) is 21.9. The third-order valence-corrected chi connectivity index (χ3v) is 5.00. The third-order valence-electron chi connectivity index (χ3n) is 3.85. The van der Waals surface area contributed by atoms with Crippen LogP contribution in [0.15, 0.2) is 23.3 Å². The number of nitrogens with one attached hydrogen (secondary N) is 1. The predicted octanol–water partition coefficient (Wildman–Crippen LogP) is 3.61. The number of aryl methyl sites for hydroxylation is 1. The van der Waals surface area contributed by atoms with Gasteiger partial charge in [-0.1, -0.05) is 31.0 Å². The average molecular weight is 261 g/mol. The van der Waals surface area contributed by atoms with Crippen LogP contribution in [0.4, 0.5) is 5.69 Å². The van der Waals surface area contributed by atoms with Crippen molar-refractivity contribution in [1.29, 1.82) is 0 Å². The number of rotatable bonds is 1. The second-order valence-corrected chi connectivity index (χ2v) is 6.22. The number of hydrogen-bond donors (Lipinski definition) is 1. The lowest BCUT2D eigenvalue weighted by atomic mass is 9.84. The number of aliphatic imine (C=N–C) groups is 1. The summed E-state index contributed by atoms with van der Waals surface area (Å²) in [4.78, 5) is 9.25. The van der Waals surface area contributed by atoms with Crippen molar-refractivity contribution in [1.82, 2.24) is 4.98 Å². The second kappa shape index (κ2) is 4.92. The Hall–Kier alpha value is -1.03. The first-order valence-corrected chi connectivity index (χ1v) is 7.67. The zero-order valence-electron chi connectivity index (χ0n) is 10.8. The Balaban J connectivity index is 1.74. The molecule has 0 saturated heterocycles. The van der Waals surface area contributed by atoms with Crippen molar-refractivity contribution in [3.63, 3.8) is 0 Å². The number of aromatic nitrogens is 1. The van der Waals surface area contributed by atoms with E-state index in [0.29, 0.717) is 0 Å². The number of anilines is 1. The van der Waals surface area contributed by atoms with E-state index in [1.54, 1.807) is 0 Å². The maximum absolute atomic E-state index is 4.96. The number of thioether (sulfide) groups is 1. The van der Waals surface area contributed by atoms with Gasteiger partial charge in [0, 0.05) is 11.9 Å². The van der Waals surface area contributed by atoms with Crippen LogP contribution in [-0.2, 0) is 0 Å². The molecule has 96 valence electrons. The van der Waals surface area contributed by atoms with Crippen LogP contribution in [0.2, 0.25) is 0 Å². The van der Waals surface area contributed by atoms with Gasteiger partial charge in [-0.15, -0.1) is 0 Å². The van der Waals surface area contributed by atoms with E-state index in [4.69, 9.17) is 4.99 Å². The van der Waals surface area contributed by atoms with Crippen molar-refractivity contribution >= 4 is 22.6 Å². The fourth-order valence-corrected chi connectivity index (χ4v) is 3.94. The Labute approximate surface area is 112 Å². The minimum absolute atomic E-state index is 0.237. The van der Waals surface area contributed by atoms with Gasteiger partial charge in [-0.2, -0.15) is 0 Å². The lowest BCUT2D eigenvalue weighted by Gasteiger charge is -2.29. The lowest BCUT2D eigenvalue weighted by Crippen LogP contribution is -2.29. The highest BCUT2D eigenvalue weighted by Gasteiger charge is 2.36. The smallest absolute Gasteiger partial charge is 0.161 e. The molecule has 2 heterocycles. The van der Waals surface area contributed by atoms with E-state index in [1.165, 1.54) is 32.1 Å². The van der Waals surface area contributed by atoms with Gasteiger partial charge in [0.2, 0.25) is 0 Å². The summed E-state index contributed by atoms with van der Waals surface area (Å²) in [5.74, 6) is 1.15. The number of amidine groups is 1. The maximum Gasteiger partial charge on any atom is 0.161 e. The Bertz CT molecular complexity index is 464. The van der Waals surface area contributed by atoms with Gasteiger partial charge in [0.25, 0.3) is 0 Å². The molecule has 0 atom stereocenters. The standard InChI is InChI=1S/C14H19N3S/c1-11-12(6-5-9-15-11)16-13-17-14(10-18-13)7-3-2-4-8-14/h5-6,9H,2-4,7-8,10H2,1H3,(H,16,17). The summed E-state index contributed by atoms with van der Waals surface area (Å²) in [6.45, 7) is 2.03. The third kappa shape index (κ3) is 2.39. The van der Waals surface area contributed by atoms with Gasteiger partial charge in [0.1, 0.15) is 0 Å². The molecule has 1 aliphatic carbocycles. The fourth-order valence-electron chi connectivity index (χ4n) is 2.74. The molecule has 18 heavy (non-hydrogen) atoms. The topological polar surface area (TPSA) is 37.3 Å². The van der Waals surface area contributed by atoms with Crippen molar-refractivity contribution in [3.05, 3.63) is 24.0 Å². The minimum atomic E-state index is 0.237. The fraction of sp³-hybridized carbons (Fsp3) is 0.571. The van der Waals surface area contributed by atoms with Crippen LogP contribution in [0.3, 0.4) is 0 Å². The Morgan fingerprint density at radius 3 is 2.89 bits per heavy atom. The number of hydrogen-bond acceptors (Lipinski definition) is 4. The van der Waals surface area contributed by atoms with Gasteiger partial charge in [0.05, 0.1) is 16.9 Å². The van der Waals surface area contributed by atoms with E-state index >= 15 is 0 Å². The molecule has 0 unspecified atom stereocenters. The minimum Gasteiger partial charge on any atom is -0.333 e. The zero-order chi connectivity index (χ0) is 12.4. The summed E-state index contributed by atoms with van der Waals surface area (Å²) in [6, 6.07) is 4.03. The quantitative estimate of drug-likeness (QED) is 0.839. The molecule has 1 N–H and O–H groups in total. The Morgan fingerprint density at radius 2 is 2.11 bits per heavy atom. The molecule has 0 radical (unpaired) electrons. The van der Waals surface area contributed by atoms with Crippen LogP contribution in [0.1, 0.15) is 37.8 Å². The first kappa shape index (κ1) is 12.0. The maximum atomic E-state index is 4.96. The Kier molecular flexibility index (Phi) is 3.29. The molecule has 1 fully saturated rings. The van der Waals surface area contributed by atoms with E-state index in [9.17, 15) is 0 Å². The highest BCUT2D eigenvalue weighted by molar-refractivity contribution is 8.14. The van der Waals surface area contributed by atoms with Crippen LogP contribution in [0, 0.1) is 6.92 Å². The van der Waals surface area contributed by atoms with Gasteiger partial charge in [-0.05, 0) is 31.9 Å². The summed E-state index contributed by atoms with van der Waals surface area (Å²) in [5, 5.41) is 4.51. The van der Waals surface area contributed by atoms with Crippen LogP contribution in [0.25, 0.3) is 0 Å². The largest absolute Gasteiger partial charge is 0.333 e. The molecule has 1 spiro atoms. The highest BCUT2D eigenvalue weighted by atomic mass is 32.2. The average Bonchev–Trinajstić information content (AvgIpc) is 2.76. The van der Waals surface area contributed by atoms with Gasteiger partial charge in [0.15, 0.2) is 5.17 Å². The molecule has 2 aliphatic rings. The number of pyridine rings is 1. The summed E-state index contributed by atoms with van der Waals surface area (Å²) >= 11 is 1.86. The van der Waals surface area contributed by atoms with Crippen LogP contribution in [0.5, 0.6) is 0 Å². The molecule has 3 nitrogen and oxygen atoms in total. The van der Waals surface area contributed by atoms with Crippen molar-refractivity contribution < 1.29 is 0 Å². The summed E-state index contributed by atoms with van der Waals surface area (Å²) in [5.41, 5.74) is 2.35. The van der Waals surface area contributed by atoms with Crippen LogP contribution in [-0.4, -0.2) is 21.4 Å². The van der Waals surface area contributed by atoms with Gasteiger partial charge in [-0.3, -0.25) is 9.98 Å². The second-order valence-electron chi connectivity index (χ2n) is 5.25. The van der Waals surface area contributed by atoms with Crippen molar-refractivity contribution in [3.8, 4) is 0 Å². The van der Waals surface area contributed by atoms with E-state index in [-0.39, 0.29) is 5.54 Å². The molecule has 1 aromatic heterocycles. The molecule has 3 rings (SSSR count).